The molecule has 1 aromatic heterocycles. The first-order valence-electron chi connectivity index (χ1n) is 6.15. The van der Waals surface area contributed by atoms with E-state index in [1.54, 1.807) is 32.4 Å². The highest BCUT2D eigenvalue weighted by Crippen LogP contribution is 2.31. The van der Waals surface area contributed by atoms with Crippen molar-refractivity contribution in [2.75, 3.05) is 14.2 Å². The summed E-state index contributed by atoms with van der Waals surface area (Å²) >= 11 is 0. The zero-order valence-electron chi connectivity index (χ0n) is 11.6. The molecule has 0 aliphatic heterocycles. The zero-order valence-corrected chi connectivity index (χ0v) is 11.6. The van der Waals surface area contributed by atoms with E-state index in [9.17, 15) is 10.1 Å². The van der Waals surface area contributed by atoms with Crippen LogP contribution >= 0.6 is 0 Å². The summed E-state index contributed by atoms with van der Waals surface area (Å²) in [5.74, 6) is 1.26. The molecule has 2 rings (SSSR count). The second kappa shape index (κ2) is 6.51. The minimum absolute atomic E-state index is 0.0360. The van der Waals surface area contributed by atoms with Crippen LogP contribution in [0.2, 0.25) is 0 Å². The summed E-state index contributed by atoms with van der Waals surface area (Å²) in [4.78, 5) is 14.1. The highest BCUT2D eigenvalue weighted by molar-refractivity contribution is 5.73. The van der Waals surface area contributed by atoms with Gasteiger partial charge < -0.3 is 9.47 Å². The summed E-state index contributed by atoms with van der Waals surface area (Å²) in [6, 6.07) is 8.53. The third-order valence-corrected chi connectivity index (χ3v) is 2.85. The number of nitrogens with zero attached hydrogens (tertiary/aromatic N) is 2. The SMILES string of the molecule is COc1cccc(C=Cc2ccc([N+](=O)[O-])cn2)c1OC. The molecule has 2 aromatic rings. The largest absolute Gasteiger partial charge is 0.493 e. The quantitative estimate of drug-likeness (QED) is 0.623. The Balaban J connectivity index is 2.27. The highest BCUT2D eigenvalue weighted by atomic mass is 16.6. The van der Waals surface area contributed by atoms with E-state index >= 15 is 0 Å². The maximum Gasteiger partial charge on any atom is 0.287 e. The monoisotopic (exact) mass is 286 g/mol. The Bertz CT molecular complexity index is 666. The lowest BCUT2D eigenvalue weighted by Gasteiger charge is -2.09. The first-order valence-corrected chi connectivity index (χ1v) is 6.15. The first-order chi connectivity index (χ1) is 10.2. The molecule has 1 heterocycles. The van der Waals surface area contributed by atoms with Crippen molar-refractivity contribution in [3.63, 3.8) is 0 Å². The molecular weight excluding hydrogens is 272 g/mol. The Hall–Kier alpha value is -2.89. The summed E-state index contributed by atoms with van der Waals surface area (Å²) in [5.41, 5.74) is 1.41. The molecule has 0 radical (unpaired) electrons. The molecular formula is C15H14N2O4. The Morgan fingerprint density at radius 3 is 2.52 bits per heavy atom. The molecule has 1 aromatic carbocycles. The summed E-state index contributed by atoms with van der Waals surface area (Å²) in [6.07, 6.45) is 4.79. The molecule has 0 bridgehead atoms. The van der Waals surface area contributed by atoms with E-state index in [2.05, 4.69) is 4.98 Å². The molecule has 108 valence electrons. The van der Waals surface area contributed by atoms with E-state index in [1.165, 1.54) is 12.3 Å². The van der Waals surface area contributed by atoms with Crippen LogP contribution in [-0.2, 0) is 0 Å². The van der Waals surface area contributed by atoms with Crippen molar-refractivity contribution < 1.29 is 14.4 Å². The number of hydrogen-bond acceptors (Lipinski definition) is 5. The maximum absolute atomic E-state index is 10.6. The maximum atomic E-state index is 10.6. The smallest absolute Gasteiger partial charge is 0.287 e. The Labute approximate surface area is 121 Å². The van der Waals surface area contributed by atoms with Crippen molar-refractivity contribution >= 4 is 17.8 Å². The summed E-state index contributed by atoms with van der Waals surface area (Å²) < 4.78 is 10.5. The van der Waals surface area contributed by atoms with Gasteiger partial charge >= 0.3 is 0 Å². The number of nitro groups is 1. The fourth-order valence-corrected chi connectivity index (χ4v) is 1.82. The third-order valence-electron chi connectivity index (χ3n) is 2.85. The lowest BCUT2D eigenvalue weighted by molar-refractivity contribution is -0.385. The molecule has 0 amide bonds. The van der Waals surface area contributed by atoms with Crippen LogP contribution in [0.1, 0.15) is 11.3 Å². The molecule has 0 aliphatic carbocycles. The molecule has 6 heteroatoms. The number of pyridine rings is 1. The van der Waals surface area contributed by atoms with Gasteiger partial charge in [-0.25, -0.2) is 4.98 Å². The van der Waals surface area contributed by atoms with E-state index < -0.39 is 4.92 Å². The Morgan fingerprint density at radius 1 is 1.14 bits per heavy atom. The lowest BCUT2D eigenvalue weighted by atomic mass is 10.1. The van der Waals surface area contributed by atoms with E-state index in [-0.39, 0.29) is 5.69 Å². The van der Waals surface area contributed by atoms with Gasteiger partial charge in [0.1, 0.15) is 6.20 Å². The second-order valence-corrected chi connectivity index (χ2v) is 4.11. The van der Waals surface area contributed by atoms with E-state index in [4.69, 9.17) is 9.47 Å². The standard InChI is InChI=1S/C15H14N2O4/c1-20-14-5-3-4-11(15(14)21-2)6-7-12-8-9-13(10-16-12)17(18)19/h3-10H,1-2H3. The molecule has 0 N–H and O–H groups in total. The average Bonchev–Trinajstić information content (AvgIpc) is 2.52. The van der Waals surface area contributed by atoms with Gasteiger partial charge in [-0.05, 0) is 24.3 Å². The van der Waals surface area contributed by atoms with Crippen LogP contribution in [0.25, 0.3) is 12.2 Å². The predicted molar refractivity (Wildman–Crippen MR) is 79.4 cm³/mol. The number of methoxy groups -OCH3 is 2. The van der Waals surface area contributed by atoms with Gasteiger partial charge in [0.2, 0.25) is 0 Å². The number of benzene rings is 1. The van der Waals surface area contributed by atoms with Crippen LogP contribution in [0, 0.1) is 10.1 Å². The van der Waals surface area contributed by atoms with Gasteiger partial charge in [0.25, 0.3) is 5.69 Å². The van der Waals surface area contributed by atoms with Crippen LogP contribution in [0.3, 0.4) is 0 Å². The number of ether oxygens (including phenoxy) is 2. The molecule has 0 saturated heterocycles. The van der Waals surface area contributed by atoms with Crippen molar-refractivity contribution in [3.8, 4) is 11.5 Å². The molecule has 21 heavy (non-hydrogen) atoms. The molecule has 0 fully saturated rings. The van der Waals surface area contributed by atoms with Crippen molar-refractivity contribution in [2.24, 2.45) is 0 Å². The Kier molecular flexibility index (Phi) is 4.50. The number of hydrogen-bond donors (Lipinski definition) is 0. The number of para-hydroxylation sites is 1. The summed E-state index contributed by atoms with van der Waals surface area (Å²) in [5, 5.41) is 10.6. The fraction of sp³-hybridized carbons (Fsp3) is 0.133. The highest BCUT2D eigenvalue weighted by Gasteiger charge is 2.07. The van der Waals surface area contributed by atoms with Gasteiger partial charge in [0.05, 0.1) is 24.8 Å². The molecule has 0 aliphatic rings. The van der Waals surface area contributed by atoms with Crippen LogP contribution in [0.15, 0.2) is 36.5 Å². The summed E-state index contributed by atoms with van der Waals surface area (Å²) in [6.45, 7) is 0. The molecule has 0 spiro atoms. The Morgan fingerprint density at radius 2 is 1.95 bits per heavy atom. The van der Waals surface area contributed by atoms with Crippen LogP contribution in [0.4, 0.5) is 5.69 Å². The van der Waals surface area contributed by atoms with Crippen LogP contribution < -0.4 is 9.47 Å². The van der Waals surface area contributed by atoms with Crippen LogP contribution in [0.5, 0.6) is 11.5 Å². The number of aromatic nitrogens is 1. The van der Waals surface area contributed by atoms with Gasteiger partial charge in [-0.3, -0.25) is 10.1 Å². The van der Waals surface area contributed by atoms with Gasteiger partial charge in [-0.15, -0.1) is 0 Å². The molecule has 0 unspecified atom stereocenters. The second-order valence-electron chi connectivity index (χ2n) is 4.11. The fourth-order valence-electron chi connectivity index (χ4n) is 1.82. The molecule has 0 atom stereocenters. The van der Waals surface area contributed by atoms with Gasteiger partial charge in [-0.2, -0.15) is 0 Å². The van der Waals surface area contributed by atoms with Gasteiger partial charge in [0, 0.05) is 11.6 Å². The van der Waals surface area contributed by atoms with Crippen molar-refractivity contribution in [3.05, 3.63) is 57.9 Å². The normalized spacial score (nSPS) is 10.6. The molecule has 6 nitrogen and oxygen atoms in total. The first kappa shape index (κ1) is 14.5. The molecule has 0 saturated carbocycles. The average molecular weight is 286 g/mol. The van der Waals surface area contributed by atoms with E-state index in [0.29, 0.717) is 17.2 Å². The minimum Gasteiger partial charge on any atom is -0.493 e. The van der Waals surface area contributed by atoms with Crippen molar-refractivity contribution in [1.82, 2.24) is 4.98 Å². The minimum atomic E-state index is -0.481. The van der Waals surface area contributed by atoms with E-state index in [0.717, 1.165) is 5.56 Å². The van der Waals surface area contributed by atoms with Gasteiger partial charge in [-0.1, -0.05) is 12.1 Å². The van der Waals surface area contributed by atoms with E-state index in [1.807, 2.05) is 18.2 Å². The van der Waals surface area contributed by atoms with Crippen LogP contribution in [-0.4, -0.2) is 24.1 Å². The topological polar surface area (TPSA) is 74.5 Å². The predicted octanol–water partition coefficient (Wildman–Crippen LogP) is 3.18. The van der Waals surface area contributed by atoms with Crippen molar-refractivity contribution in [1.29, 1.82) is 0 Å². The lowest BCUT2D eigenvalue weighted by Crippen LogP contribution is -1.92. The number of rotatable bonds is 5. The van der Waals surface area contributed by atoms with Crippen molar-refractivity contribution in [2.45, 2.75) is 0 Å². The third kappa shape index (κ3) is 3.36. The zero-order chi connectivity index (χ0) is 15.2. The summed E-state index contributed by atoms with van der Waals surface area (Å²) in [7, 11) is 3.14. The van der Waals surface area contributed by atoms with Gasteiger partial charge in [0.15, 0.2) is 11.5 Å².